The van der Waals surface area contributed by atoms with E-state index in [4.69, 9.17) is 0 Å². The maximum Gasteiger partial charge on any atom is 0.318 e. The van der Waals surface area contributed by atoms with Crippen molar-refractivity contribution in [1.29, 1.82) is 0 Å². The second-order valence-corrected chi connectivity index (χ2v) is 5.62. The number of likely N-dealkylation sites (tertiary alicyclic amines) is 1. The highest BCUT2D eigenvalue weighted by atomic mass is 16.2. The summed E-state index contributed by atoms with van der Waals surface area (Å²) in [5, 5.41) is 2.83. The van der Waals surface area contributed by atoms with Crippen LogP contribution in [0.5, 0.6) is 0 Å². The lowest BCUT2D eigenvalue weighted by atomic mass is 10.1. The standard InChI is InChI=1S/C12H23N3O2/c1-12(2,3)13-11(17)14(4)9-10(16)15-7-5-6-8-15/h5-9H2,1-4H3,(H,13,17). The highest BCUT2D eigenvalue weighted by molar-refractivity contribution is 5.84. The van der Waals surface area contributed by atoms with Crippen molar-refractivity contribution in [3.05, 3.63) is 0 Å². The lowest BCUT2D eigenvalue weighted by Crippen LogP contribution is -2.49. The maximum atomic E-state index is 11.8. The van der Waals surface area contributed by atoms with E-state index in [1.165, 1.54) is 4.90 Å². The minimum atomic E-state index is -0.276. The second kappa shape index (κ2) is 5.38. The second-order valence-electron chi connectivity index (χ2n) is 5.62. The van der Waals surface area contributed by atoms with E-state index < -0.39 is 0 Å². The minimum absolute atomic E-state index is 0.0362. The van der Waals surface area contributed by atoms with Gasteiger partial charge in [0.05, 0.1) is 0 Å². The first-order valence-corrected chi connectivity index (χ1v) is 6.10. The van der Waals surface area contributed by atoms with Crippen molar-refractivity contribution in [3.8, 4) is 0 Å². The van der Waals surface area contributed by atoms with Crippen molar-refractivity contribution < 1.29 is 9.59 Å². The number of hydrogen-bond acceptors (Lipinski definition) is 2. The predicted molar refractivity (Wildman–Crippen MR) is 66.7 cm³/mol. The van der Waals surface area contributed by atoms with E-state index in [0.29, 0.717) is 0 Å². The van der Waals surface area contributed by atoms with Crippen molar-refractivity contribution in [2.24, 2.45) is 0 Å². The molecule has 1 fully saturated rings. The Kier molecular flexibility index (Phi) is 4.37. The van der Waals surface area contributed by atoms with E-state index in [1.807, 2.05) is 25.7 Å². The minimum Gasteiger partial charge on any atom is -0.341 e. The van der Waals surface area contributed by atoms with Crippen LogP contribution in [0, 0.1) is 0 Å². The van der Waals surface area contributed by atoms with Crippen molar-refractivity contribution >= 4 is 11.9 Å². The first-order valence-electron chi connectivity index (χ1n) is 6.10. The lowest BCUT2D eigenvalue weighted by molar-refractivity contribution is -0.130. The molecule has 0 bridgehead atoms. The van der Waals surface area contributed by atoms with E-state index in [1.54, 1.807) is 7.05 Å². The van der Waals surface area contributed by atoms with Gasteiger partial charge < -0.3 is 15.1 Å². The van der Waals surface area contributed by atoms with E-state index in [-0.39, 0.29) is 24.0 Å². The summed E-state index contributed by atoms with van der Waals surface area (Å²) in [6, 6.07) is -0.204. The van der Waals surface area contributed by atoms with Gasteiger partial charge in [0.1, 0.15) is 6.54 Å². The summed E-state index contributed by atoms with van der Waals surface area (Å²) in [7, 11) is 1.65. The zero-order valence-electron chi connectivity index (χ0n) is 11.2. The molecule has 1 N–H and O–H groups in total. The molecule has 0 spiro atoms. The first-order chi connectivity index (χ1) is 7.79. The number of rotatable bonds is 2. The van der Waals surface area contributed by atoms with Gasteiger partial charge in [0, 0.05) is 25.7 Å². The van der Waals surface area contributed by atoms with Gasteiger partial charge in [0.2, 0.25) is 5.91 Å². The Hall–Kier alpha value is -1.26. The summed E-state index contributed by atoms with van der Waals surface area (Å²) in [6.07, 6.45) is 2.15. The number of nitrogens with zero attached hydrogens (tertiary/aromatic N) is 2. The molecule has 5 heteroatoms. The average Bonchev–Trinajstić information content (AvgIpc) is 2.67. The summed E-state index contributed by atoms with van der Waals surface area (Å²) < 4.78 is 0. The zero-order valence-corrected chi connectivity index (χ0v) is 11.2. The summed E-state index contributed by atoms with van der Waals surface area (Å²) in [4.78, 5) is 26.8. The van der Waals surface area contributed by atoms with Crippen molar-refractivity contribution in [1.82, 2.24) is 15.1 Å². The van der Waals surface area contributed by atoms with Gasteiger partial charge in [-0.25, -0.2) is 4.79 Å². The number of nitrogens with one attached hydrogen (secondary N) is 1. The highest BCUT2D eigenvalue weighted by Gasteiger charge is 2.22. The van der Waals surface area contributed by atoms with Gasteiger partial charge in [-0.3, -0.25) is 4.79 Å². The molecule has 0 aromatic rings. The Morgan fingerprint density at radius 3 is 2.24 bits per heavy atom. The molecule has 0 saturated carbocycles. The van der Waals surface area contributed by atoms with Crippen molar-refractivity contribution in [2.45, 2.75) is 39.2 Å². The highest BCUT2D eigenvalue weighted by Crippen LogP contribution is 2.08. The van der Waals surface area contributed by atoms with E-state index in [0.717, 1.165) is 25.9 Å². The van der Waals surface area contributed by atoms with Crippen LogP contribution in [-0.2, 0) is 4.79 Å². The van der Waals surface area contributed by atoms with Gasteiger partial charge in [0.15, 0.2) is 0 Å². The summed E-state index contributed by atoms with van der Waals surface area (Å²) in [5.74, 6) is 0.0362. The van der Waals surface area contributed by atoms with Gasteiger partial charge in [-0.05, 0) is 33.6 Å². The van der Waals surface area contributed by atoms with Crippen LogP contribution >= 0.6 is 0 Å². The molecule has 0 aromatic heterocycles. The monoisotopic (exact) mass is 241 g/mol. The Balaban J connectivity index is 2.40. The van der Waals surface area contributed by atoms with Gasteiger partial charge in [-0.2, -0.15) is 0 Å². The van der Waals surface area contributed by atoms with Crippen LogP contribution in [0.15, 0.2) is 0 Å². The smallest absolute Gasteiger partial charge is 0.318 e. The number of amides is 3. The average molecular weight is 241 g/mol. The van der Waals surface area contributed by atoms with Crippen LogP contribution in [0.2, 0.25) is 0 Å². The van der Waals surface area contributed by atoms with Crippen LogP contribution in [0.25, 0.3) is 0 Å². The van der Waals surface area contributed by atoms with Crippen LogP contribution in [-0.4, -0.2) is 54.0 Å². The first kappa shape index (κ1) is 13.8. The largest absolute Gasteiger partial charge is 0.341 e. The molecule has 0 aliphatic carbocycles. The number of urea groups is 1. The molecule has 0 atom stereocenters. The SMILES string of the molecule is CN(CC(=O)N1CCCC1)C(=O)NC(C)(C)C. The van der Waals surface area contributed by atoms with Gasteiger partial charge in [-0.15, -0.1) is 0 Å². The molecule has 1 rings (SSSR count). The third kappa shape index (κ3) is 4.63. The fraction of sp³-hybridized carbons (Fsp3) is 0.833. The summed E-state index contributed by atoms with van der Waals surface area (Å²) in [6.45, 7) is 7.56. The molecule has 17 heavy (non-hydrogen) atoms. The normalized spacial score (nSPS) is 15.9. The molecular weight excluding hydrogens is 218 g/mol. The van der Waals surface area contributed by atoms with Crippen molar-refractivity contribution in [3.63, 3.8) is 0 Å². The van der Waals surface area contributed by atoms with E-state index in [9.17, 15) is 9.59 Å². The molecule has 3 amide bonds. The van der Waals surface area contributed by atoms with Crippen LogP contribution in [0.1, 0.15) is 33.6 Å². The molecule has 0 unspecified atom stereocenters. The molecule has 0 radical (unpaired) electrons. The molecule has 5 nitrogen and oxygen atoms in total. The van der Waals surface area contributed by atoms with E-state index in [2.05, 4.69) is 5.32 Å². The summed E-state index contributed by atoms with van der Waals surface area (Å²) in [5.41, 5.74) is -0.276. The van der Waals surface area contributed by atoms with Crippen LogP contribution < -0.4 is 5.32 Å². The third-order valence-corrected chi connectivity index (χ3v) is 2.66. The Labute approximate surface area is 103 Å². The third-order valence-electron chi connectivity index (χ3n) is 2.66. The number of carbonyl (C=O) groups excluding carboxylic acids is 2. The van der Waals surface area contributed by atoms with Crippen LogP contribution in [0.4, 0.5) is 4.79 Å². The van der Waals surface area contributed by atoms with Gasteiger partial charge in [0.25, 0.3) is 0 Å². The quantitative estimate of drug-likeness (QED) is 0.785. The zero-order chi connectivity index (χ0) is 13.1. The summed E-state index contributed by atoms with van der Waals surface area (Å²) >= 11 is 0. The number of hydrogen-bond donors (Lipinski definition) is 1. The Morgan fingerprint density at radius 2 is 1.76 bits per heavy atom. The Morgan fingerprint density at radius 1 is 1.24 bits per heavy atom. The molecule has 1 aliphatic heterocycles. The molecular formula is C12H23N3O2. The molecule has 1 saturated heterocycles. The van der Waals surface area contributed by atoms with E-state index >= 15 is 0 Å². The predicted octanol–water partition coefficient (Wildman–Crippen LogP) is 1.05. The lowest BCUT2D eigenvalue weighted by Gasteiger charge is -2.26. The van der Waals surface area contributed by atoms with Gasteiger partial charge >= 0.3 is 6.03 Å². The maximum absolute atomic E-state index is 11.8. The van der Waals surface area contributed by atoms with Crippen LogP contribution in [0.3, 0.4) is 0 Å². The fourth-order valence-corrected chi connectivity index (χ4v) is 1.76. The number of carbonyl (C=O) groups is 2. The number of likely N-dealkylation sites (N-methyl/N-ethyl adjacent to an activating group) is 1. The van der Waals surface area contributed by atoms with Crippen molar-refractivity contribution in [2.75, 3.05) is 26.7 Å². The molecule has 0 aromatic carbocycles. The molecule has 1 heterocycles. The molecule has 98 valence electrons. The Bertz CT molecular complexity index is 291. The molecule has 1 aliphatic rings. The van der Waals surface area contributed by atoms with Gasteiger partial charge in [-0.1, -0.05) is 0 Å². The fourth-order valence-electron chi connectivity index (χ4n) is 1.76. The topological polar surface area (TPSA) is 52.7 Å².